The van der Waals surface area contributed by atoms with Crippen molar-refractivity contribution in [2.75, 3.05) is 39.3 Å². The van der Waals surface area contributed by atoms with Crippen LogP contribution in [0.4, 0.5) is 0 Å². The van der Waals surface area contributed by atoms with E-state index >= 15 is 0 Å². The highest BCUT2D eigenvalue weighted by atomic mass is 16.2. The van der Waals surface area contributed by atoms with Crippen LogP contribution in [0.1, 0.15) is 53.6 Å². The first-order valence-corrected chi connectivity index (χ1v) is 10.2. The number of hydrogen-bond donors (Lipinski definition) is 1. The molecule has 150 valence electrons. The van der Waals surface area contributed by atoms with Crippen molar-refractivity contribution in [3.63, 3.8) is 0 Å². The minimum Gasteiger partial charge on any atom is -0.335 e. The molecule has 0 unspecified atom stereocenters. The van der Waals surface area contributed by atoms with Gasteiger partial charge in [-0.05, 0) is 51.4 Å². The summed E-state index contributed by atoms with van der Waals surface area (Å²) in [7, 11) is 0. The summed E-state index contributed by atoms with van der Waals surface area (Å²) in [5.41, 5.74) is 2.61. The van der Waals surface area contributed by atoms with Gasteiger partial charge in [0, 0.05) is 44.6 Å². The van der Waals surface area contributed by atoms with Gasteiger partial charge in [0.15, 0.2) is 5.69 Å². The molecule has 2 aliphatic heterocycles. The van der Waals surface area contributed by atoms with E-state index in [2.05, 4.69) is 38.5 Å². The summed E-state index contributed by atoms with van der Waals surface area (Å²) in [5, 5.41) is 11.9. The number of pyridine rings is 1. The number of piperidine rings is 1. The number of hydrogen-bond acceptors (Lipinski definition) is 6. The molecule has 2 aliphatic rings. The summed E-state index contributed by atoms with van der Waals surface area (Å²) in [4.78, 5) is 21.6. The lowest BCUT2D eigenvalue weighted by molar-refractivity contribution is 0.0575. The monoisotopic (exact) mass is 383 g/mol. The molecule has 0 spiro atoms. The van der Waals surface area contributed by atoms with E-state index in [1.807, 2.05) is 28.8 Å². The van der Waals surface area contributed by atoms with Gasteiger partial charge in [-0.3, -0.25) is 14.7 Å². The molecule has 8 heteroatoms. The van der Waals surface area contributed by atoms with Crippen LogP contribution in [-0.4, -0.2) is 75.0 Å². The van der Waals surface area contributed by atoms with Crippen LogP contribution in [0.3, 0.4) is 0 Å². The predicted octanol–water partition coefficient (Wildman–Crippen LogP) is 1.43. The predicted molar refractivity (Wildman–Crippen MR) is 106 cm³/mol. The van der Waals surface area contributed by atoms with Crippen LogP contribution in [0.5, 0.6) is 0 Å². The van der Waals surface area contributed by atoms with E-state index in [1.165, 1.54) is 5.56 Å². The van der Waals surface area contributed by atoms with E-state index < -0.39 is 0 Å². The molecular weight excluding hydrogens is 354 g/mol. The van der Waals surface area contributed by atoms with Crippen molar-refractivity contribution in [2.45, 2.75) is 38.8 Å². The molecule has 2 aromatic rings. The Morgan fingerprint density at radius 1 is 1.21 bits per heavy atom. The Kier molecular flexibility index (Phi) is 5.68. The normalized spacial score (nSPS) is 20.3. The summed E-state index contributed by atoms with van der Waals surface area (Å²) in [6.07, 6.45) is 5.78. The van der Waals surface area contributed by atoms with Gasteiger partial charge in [-0.2, -0.15) is 0 Å². The van der Waals surface area contributed by atoms with Crippen molar-refractivity contribution in [3.05, 3.63) is 41.5 Å². The maximum Gasteiger partial charge on any atom is 0.276 e. The quantitative estimate of drug-likeness (QED) is 0.860. The third-order valence-corrected chi connectivity index (χ3v) is 6.10. The highest BCUT2D eigenvalue weighted by Crippen LogP contribution is 2.23. The van der Waals surface area contributed by atoms with Gasteiger partial charge < -0.3 is 10.2 Å². The molecule has 8 nitrogen and oxygen atoms in total. The molecule has 1 atom stereocenters. The molecule has 1 amide bonds. The molecule has 0 bridgehead atoms. The van der Waals surface area contributed by atoms with Crippen molar-refractivity contribution in [1.82, 2.24) is 35.1 Å². The third kappa shape index (κ3) is 3.79. The van der Waals surface area contributed by atoms with E-state index in [0.29, 0.717) is 30.9 Å². The third-order valence-electron chi connectivity index (χ3n) is 6.10. The van der Waals surface area contributed by atoms with E-state index in [0.717, 1.165) is 44.7 Å². The standard InChI is InChI=1S/C20H29N7O/c1-15(17-4-3-7-22-14-17)25-10-12-26(13-11-25)20(28)19-16(2)27(24-23-19)18-5-8-21-9-6-18/h3-4,7,14-15,18,21H,5-6,8-13H2,1-2H3/t15-/m0/s1. The van der Waals surface area contributed by atoms with Gasteiger partial charge in [-0.1, -0.05) is 11.3 Å². The molecule has 2 saturated heterocycles. The summed E-state index contributed by atoms with van der Waals surface area (Å²) in [6, 6.07) is 4.72. The molecule has 4 heterocycles. The lowest BCUT2D eigenvalue weighted by Crippen LogP contribution is -2.49. The first-order valence-electron chi connectivity index (χ1n) is 10.2. The number of piperazine rings is 1. The Morgan fingerprint density at radius 2 is 1.96 bits per heavy atom. The summed E-state index contributed by atoms with van der Waals surface area (Å²) >= 11 is 0. The van der Waals surface area contributed by atoms with Gasteiger partial charge in [-0.25, -0.2) is 4.68 Å². The second-order valence-corrected chi connectivity index (χ2v) is 7.74. The van der Waals surface area contributed by atoms with E-state index in [1.54, 1.807) is 6.20 Å². The maximum absolute atomic E-state index is 13.0. The van der Waals surface area contributed by atoms with Crippen LogP contribution in [0, 0.1) is 6.92 Å². The van der Waals surface area contributed by atoms with Crippen LogP contribution in [0.15, 0.2) is 24.5 Å². The molecular formula is C20H29N7O. The fourth-order valence-electron chi connectivity index (χ4n) is 4.23. The topological polar surface area (TPSA) is 79.2 Å². The molecule has 0 saturated carbocycles. The van der Waals surface area contributed by atoms with Gasteiger partial charge in [0.1, 0.15) is 0 Å². The van der Waals surface area contributed by atoms with Crippen LogP contribution < -0.4 is 5.32 Å². The number of rotatable bonds is 4. The molecule has 2 aromatic heterocycles. The van der Waals surface area contributed by atoms with Crippen LogP contribution in [0.25, 0.3) is 0 Å². The first-order chi connectivity index (χ1) is 13.6. The molecule has 4 rings (SSSR count). The Balaban J connectivity index is 1.38. The molecule has 2 fully saturated rings. The summed E-state index contributed by atoms with van der Waals surface area (Å²) in [6.45, 7) is 9.27. The minimum absolute atomic E-state index is 0.00589. The van der Waals surface area contributed by atoms with Gasteiger partial charge >= 0.3 is 0 Å². The second-order valence-electron chi connectivity index (χ2n) is 7.74. The Hall–Kier alpha value is -2.32. The van der Waals surface area contributed by atoms with Gasteiger partial charge in [0.05, 0.1) is 11.7 Å². The first kappa shape index (κ1) is 19.0. The number of amides is 1. The van der Waals surface area contributed by atoms with Crippen LogP contribution >= 0.6 is 0 Å². The van der Waals surface area contributed by atoms with E-state index in [-0.39, 0.29) is 5.91 Å². The highest BCUT2D eigenvalue weighted by Gasteiger charge is 2.29. The van der Waals surface area contributed by atoms with Crippen molar-refractivity contribution in [1.29, 1.82) is 0 Å². The molecule has 0 aromatic carbocycles. The molecule has 1 N–H and O–H groups in total. The van der Waals surface area contributed by atoms with Crippen molar-refractivity contribution in [2.24, 2.45) is 0 Å². The van der Waals surface area contributed by atoms with Gasteiger partial charge in [-0.15, -0.1) is 5.10 Å². The largest absolute Gasteiger partial charge is 0.335 e. The molecule has 0 aliphatic carbocycles. The Morgan fingerprint density at radius 3 is 2.64 bits per heavy atom. The smallest absolute Gasteiger partial charge is 0.276 e. The second kappa shape index (κ2) is 8.36. The average Bonchev–Trinajstić information content (AvgIpc) is 3.15. The number of nitrogens with one attached hydrogen (secondary N) is 1. The number of nitrogens with zero attached hydrogens (tertiary/aromatic N) is 6. The molecule has 0 radical (unpaired) electrons. The fraction of sp³-hybridized carbons (Fsp3) is 0.600. The zero-order chi connectivity index (χ0) is 19.5. The van der Waals surface area contributed by atoms with Crippen molar-refractivity contribution in [3.8, 4) is 0 Å². The number of aromatic nitrogens is 4. The van der Waals surface area contributed by atoms with E-state index in [4.69, 9.17) is 0 Å². The molecule has 28 heavy (non-hydrogen) atoms. The number of carbonyl (C=O) groups excluding carboxylic acids is 1. The summed E-state index contributed by atoms with van der Waals surface area (Å²) < 4.78 is 1.95. The zero-order valence-corrected chi connectivity index (χ0v) is 16.7. The Bertz CT molecular complexity index is 792. The summed E-state index contributed by atoms with van der Waals surface area (Å²) in [5.74, 6) is 0.00589. The number of carbonyl (C=O) groups is 1. The van der Waals surface area contributed by atoms with Gasteiger partial charge in [0.2, 0.25) is 0 Å². The zero-order valence-electron chi connectivity index (χ0n) is 16.7. The highest BCUT2D eigenvalue weighted by molar-refractivity contribution is 5.93. The lowest BCUT2D eigenvalue weighted by Gasteiger charge is -2.38. The average molecular weight is 384 g/mol. The maximum atomic E-state index is 13.0. The van der Waals surface area contributed by atoms with Crippen molar-refractivity contribution < 1.29 is 4.79 Å². The van der Waals surface area contributed by atoms with Gasteiger partial charge in [0.25, 0.3) is 5.91 Å². The van der Waals surface area contributed by atoms with E-state index in [9.17, 15) is 4.79 Å². The lowest BCUT2D eigenvalue weighted by atomic mass is 10.1. The van der Waals surface area contributed by atoms with Crippen molar-refractivity contribution >= 4 is 5.91 Å². The SMILES string of the molecule is Cc1c(C(=O)N2CCN([C@@H](C)c3cccnc3)CC2)nnn1C1CCNCC1. The fourth-order valence-corrected chi connectivity index (χ4v) is 4.23. The van der Waals surface area contributed by atoms with Crippen LogP contribution in [0.2, 0.25) is 0 Å². The minimum atomic E-state index is 0.00589. The Labute approximate surface area is 165 Å². The van der Waals surface area contributed by atoms with Crippen LogP contribution in [-0.2, 0) is 0 Å².